The predicted molar refractivity (Wildman–Crippen MR) is 96.9 cm³/mol. The van der Waals surface area contributed by atoms with E-state index in [0.29, 0.717) is 21.7 Å². The predicted octanol–water partition coefficient (Wildman–Crippen LogP) is 3.08. The summed E-state index contributed by atoms with van der Waals surface area (Å²) >= 11 is 6.18. The summed E-state index contributed by atoms with van der Waals surface area (Å²) in [7, 11) is -4.58. The third-order valence-corrected chi connectivity index (χ3v) is 4.96. The molecule has 0 spiro atoms. The number of hydrogen-bond donors (Lipinski definition) is 3. The number of rotatable bonds is 3. The summed E-state index contributed by atoms with van der Waals surface area (Å²) in [6.07, 6.45) is 1.38. The number of nitrogens with zero attached hydrogens (tertiary/aromatic N) is 3. The van der Waals surface area contributed by atoms with Gasteiger partial charge in [0.25, 0.3) is 0 Å². The number of aromatic nitrogens is 3. The fraction of sp³-hybridized carbons (Fsp3) is 0. The van der Waals surface area contributed by atoms with E-state index in [2.05, 4.69) is 15.3 Å². The number of para-hydroxylation sites is 3. The lowest BCUT2D eigenvalue weighted by molar-refractivity contribution is 0.386. The van der Waals surface area contributed by atoms with Gasteiger partial charge < -0.3 is 15.1 Å². The van der Waals surface area contributed by atoms with Crippen LogP contribution in [0.15, 0.2) is 54.9 Å². The van der Waals surface area contributed by atoms with Crippen molar-refractivity contribution in [3.05, 3.63) is 59.9 Å². The van der Waals surface area contributed by atoms with E-state index in [4.69, 9.17) is 11.6 Å². The smallest absolute Gasteiger partial charge is 0.337 e. The molecule has 2 heterocycles. The highest BCUT2D eigenvalue weighted by Crippen LogP contribution is 2.37. The first kappa shape index (κ1) is 16.1. The molecule has 0 amide bonds. The normalized spacial score (nSPS) is 12.0. The summed E-state index contributed by atoms with van der Waals surface area (Å²) < 4.78 is 13.5. The van der Waals surface area contributed by atoms with Crippen LogP contribution >= 0.6 is 19.2 Å². The van der Waals surface area contributed by atoms with Crippen LogP contribution in [0.4, 0.5) is 11.5 Å². The number of imidazole rings is 1. The standard InChI is InChI=1S/C16H12ClN4O3P/c17-10-5-1-2-6-11(10)19-15-14-16(25(22,23)24)18-9-21(14)13-8-4-3-7-12(13)20-15/h1-9H,(H,19,20)(H2,22,23,24). The van der Waals surface area contributed by atoms with Gasteiger partial charge in [-0.2, -0.15) is 0 Å². The molecule has 4 aromatic rings. The molecule has 7 nitrogen and oxygen atoms in total. The summed E-state index contributed by atoms with van der Waals surface area (Å²) in [6, 6.07) is 14.3. The SMILES string of the molecule is O=P(O)(O)c1ncn2c1c(Nc1ccccc1Cl)nc1ccccc12. The van der Waals surface area contributed by atoms with Crippen molar-refractivity contribution < 1.29 is 14.4 Å². The first-order chi connectivity index (χ1) is 11.9. The van der Waals surface area contributed by atoms with Gasteiger partial charge in [0.05, 0.1) is 21.7 Å². The molecule has 0 atom stereocenters. The second-order valence-electron chi connectivity index (χ2n) is 5.38. The summed E-state index contributed by atoms with van der Waals surface area (Å²) in [5, 5.41) is 3.52. The molecule has 9 heteroatoms. The van der Waals surface area contributed by atoms with Crippen LogP contribution in [0.1, 0.15) is 0 Å². The van der Waals surface area contributed by atoms with E-state index in [1.54, 1.807) is 34.7 Å². The van der Waals surface area contributed by atoms with Crippen molar-refractivity contribution in [2.75, 3.05) is 5.32 Å². The van der Waals surface area contributed by atoms with Crippen molar-refractivity contribution in [2.24, 2.45) is 0 Å². The Morgan fingerprint density at radius 1 is 1.08 bits per heavy atom. The quantitative estimate of drug-likeness (QED) is 0.476. The molecule has 3 N–H and O–H groups in total. The van der Waals surface area contributed by atoms with E-state index < -0.39 is 7.60 Å². The minimum Gasteiger partial charge on any atom is -0.337 e. The first-order valence-corrected chi connectivity index (χ1v) is 9.27. The minimum absolute atomic E-state index is 0.215. The lowest BCUT2D eigenvalue weighted by Crippen LogP contribution is -2.10. The van der Waals surface area contributed by atoms with Crippen molar-refractivity contribution in [1.82, 2.24) is 14.4 Å². The molecule has 25 heavy (non-hydrogen) atoms. The Morgan fingerprint density at radius 3 is 2.56 bits per heavy atom. The molecule has 0 unspecified atom stereocenters. The molecule has 126 valence electrons. The van der Waals surface area contributed by atoms with Crippen LogP contribution in [0.2, 0.25) is 5.02 Å². The number of fused-ring (bicyclic) bond motifs is 3. The van der Waals surface area contributed by atoms with Crippen molar-refractivity contribution in [2.45, 2.75) is 0 Å². The van der Waals surface area contributed by atoms with Gasteiger partial charge in [-0.3, -0.25) is 8.97 Å². The van der Waals surface area contributed by atoms with Crippen molar-refractivity contribution in [3.8, 4) is 0 Å². The zero-order valence-electron chi connectivity index (χ0n) is 12.7. The number of anilines is 2. The largest absolute Gasteiger partial charge is 0.376 e. The molecular weight excluding hydrogens is 363 g/mol. The van der Waals surface area contributed by atoms with Gasteiger partial charge in [0, 0.05) is 0 Å². The molecule has 2 aromatic carbocycles. The Kier molecular flexibility index (Phi) is 3.74. The molecule has 0 aliphatic heterocycles. The maximum absolute atomic E-state index is 11.9. The zero-order valence-corrected chi connectivity index (χ0v) is 14.3. The summed E-state index contributed by atoms with van der Waals surface area (Å²) in [6.45, 7) is 0. The summed E-state index contributed by atoms with van der Waals surface area (Å²) in [5.74, 6) is 0.266. The average molecular weight is 375 g/mol. The van der Waals surface area contributed by atoms with E-state index >= 15 is 0 Å². The third-order valence-electron chi connectivity index (χ3n) is 3.75. The third kappa shape index (κ3) is 2.77. The van der Waals surface area contributed by atoms with Crippen LogP contribution in [0, 0.1) is 0 Å². The van der Waals surface area contributed by atoms with Gasteiger partial charge in [-0.15, -0.1) is 0 Å². The van der Waals surface area contributed by atoms with E-state index in [1.807, 2.05) is 18.2 Å². The topological polar surface area (TPSA) is 99.8 Å². The average Bonchev–Trinajstić information content (AvgIpc) is 3.03. The molecular formula is C16H12ClN4O3P. The Balaban J connectivity index is 2.05. The van der Waals surface area contributed by atoms with Crippen molar-refractivity contribution in [1.29, 1.82) is 0 Å². The van der Waals surface area contributed by atoms with Gasteiger partial charge >= 0.3 is 7.60 Å². The highest BCUT2D eigenvalue weighted by Gasteiger charge is 2.27. The lowest BCUT2D eigenvalue weighted by Gasteiger charge is -2.12. The Bertz CT molecular complexity index is 1150. The van der Waals surface area contributed by atoms with E-state index in [-0.39, 0.29) is 16.8 Å². The Morgan fingerprint density at radius 2 is 1.80 bits per heavy atom. The molecule has 0 radical (unpaired) electrons. The van der Waals surface area contributed by atoms with Gasteiger partial charge in [-0.1, -0.05) is 35.9 Å². The monoisotopic (exact) mass is 374 g/mol. The molecule has 0 aliphatic carbocycles. The van der Waals surface area contributed by atoms with Gasteiger partial charge in [0.15, 0.2) is 11.3 Å². The van der Waals surface area contributed by atoms with Crippen molar-refractivity contribution >= 4 is 52.7 Å². The lowest BCUT2D eigenvalue weighted by atomic mass is 10.3. The van der Waals surface area contributed by atoms with Crippen LogP contribution in [0.5, 0.6) is 0 Å². The molecule has 4 rings (SSSR count). The van der Waals surface area contributed by atoms with E-state index in [0.717, 1.165) is 0 Å². The molecule has 0 saturated carbocycles. The fourth-order valence-corrected chi connectivity index (χ4v) is 3.54. The first-order valence-electron chi connectivity index (χ1n) is 7.28. The van der Waals surface area contributed by atoms with Crippen LogP contribution in [-0.4, -0.2) is 24.2 Å². The Hall–Kier alpha value is -2.44. The van der Waals surface area contributed by atoms with E-state index in [1.165, 1.54) is 6.33 Å². The molecule has 0 bridgehead atoms. The number of nitrogens with one attached hydrogen (secondary N) is 1. The number of benzene rings is 2. The maximum atomic E-state index is 11.9. The number of hydrogen-bond acceptors (Lipinski definition) is 4. The zero-order chi connectivity index (χ0) is 17.6. The van der Waals surface area contributed by atoms with Crippen LogP contribution in [0.25, 0.3) is 16.6 Å². The molecule has 0 fully saturated rings. The van der Waals surface area contributed by atoms with Crippen LogP contribution < -0.4 is 10.8 Å². The molecule has 2 aromatic heterocycles. The highest BCUT2D eigenvalue weighted by molar-refractivity contribution is 7.60. The number of halogens is 1. The molecule has 0 saturated heterocycles. The highest BCUT2D eigenvalue weighted by atomic mass is 35.5. The maximum Gasteiger partial charge on any atom is 0.376 e. The Labute approximate surface area is 147 Å². The molecule has 0 aliphatic rings. The fourth-order valence-electron chi connectivity index (χ4n) is 2.67. The van der Waals surface area contributed by atoms with Gasteiger partial charge in [0.2, 0.25) is 0 Å². The second kappa shape index (κ2) is 5.82. The summed E-state index contributed by atoms with van der Waals surface area (Å²) in [5.41, 5.74) is 1.80. The second-order valence-corrected chi connectivity index (χ2v) is 7.30. The minimum atomic E-state index is -4.58. The van der Waals surface area contributed by atoms with Gasteiger partial charge in [0.1, 0.15) is 11.8 Å². The summed E-state index contributed by atoms with van der Waals surface area (Å²) in [4.78, 5) is 27.7. The van der Waals surface area contributed by atoms with E-state index in [9.17, 15) is 14.4 Å². The van der Waals surface area contributed by atoms with Crippen molar-refractivity contribution in [3.63, 3.8) is 0 Å². The van der Waals surface area contributed by atoms with Gasteiger partial charge in [-0.25, -0.2) is 9.97 Å². The van der Waals surface area contributed by atoms with Crippen LogP contribution in [-0.2, 0) is 4.57 Å². The van der Waals surface area contributed by atoms with Gasteiger partial charge in [-0.05, 0) is 24.3 Å². The van der Waals surface area contributed by atoms with Crippen LogP contribution in [0.3, 0.4) is 0 Å².